The first-order valence-electron chi connectivity index (χ1n) is 2.32. The van der Waals surface area contributed by atoms with Gasteiger partial charge in [0.25, 0.3) is 0 Å². The predicted octanol–water partition coefficient (Wildman–Crippen LogP) is 0.322. The standard InChI is InChI=1S/C4H8O2.BrHO/c1-2-6-4-3-5-1;1-2/h1-4H2;2H. The van der Waals surface area contributed by atoms with Crippen LogP contribution in [0.4, 0.5) is 0 Å². The monoisotopic (exact) mass is 184 g/mol. The van der Waals surface area contributed by atoms with E-state index < -0.39 is 0 Å². The zero-order chi connectivity index (χ0) is 6.24. The fourth-order valence-corrected chi connectivity index (χ4v) is 0.440. The highest BCUT2D eigenvalue weighted by Gasteiger charge is 1.94. The van der Waals surface area contributed by atoms with E-state index in [-0.39, 0.29) is 0 Å². The lowest BCUT2D eigenvalue weighted by atomic mass is 10.6. The highest BCUT2D eigenvalue weighted by Crippen LogP contribution is 1.85. The van der Waals surface area contributed by atoms with Crippen LogP contribution in [0, 0.1) is 0 Å². The average molecular weight is 185 g/mol. The van der Waals surface area contributed by atoms with Gasteiger partial charge in [-0.1, -0.05) is 0 Å². The molecule has 0 radical (unpaired) electrons. The molecule has 1 rings (SSSR count). The van der Waals surface area contributed by atoms with Crippen molar-refractivity contribution in [1.29, 1.82) is 0 Å². The second-order valence-electron chi connectivity index (χ2n) is 1.22. The van der Waals surface area contributed by atoms with E-state index in [1.807, 2.05) is 16.3 Å². The smallest absolute Gasteiger partial charge is 0.0957 e. The highest BCUT2D eigenvalue weighted by molar-refractivity contribution is 9.05. The van der Waals surface area contributed by atoms with Crippen molar-refractivity contribution >= 4 is 16.3 Å². The number of hydrogen-bond donors (Lipinski definition) is 1. The van der Waals surface area contributed by atoms with Crippen LogP contribution in [0.15, 0.2) is 0 Å². The molecule has 1 saturated heterocycles. The van der Waals surface area contributed by atoms with Gasteiger partial charge in [-0.15, -0.1) is 0 Å². The minimum Gasteiger partial charge on any atom is -0.377 e. The SMILES string of the molecule is C1COCCO1.OBr. The molecule has 1 aliphatic heterocycles. The molecule has 1 heterocycles. The van der Waals surface area contributed by atoms with Gasteiger partial charge in [0, 0.05) is 0 Å². The Balaban J connectivity index is 0.000000222. The van der Waals surface area contributed by atoms with Crippen molar-refractivity contribution in [3.05, 3.63) is 0 Å². The van der Waals surface area contributed by atoms with Crippen molar-refractivity contribution in [2.45, 2.75) is 0 Å². The molecular formula is C4H9BrO3. The molecule has 0 atom stereocenters. The molecule has 50 valence electrons. The molecule has 0 unspecified atom stereocenters. The van der Waals surface area contributed by atoms with Crippen LogP contribution in [0.2, 0.25) is 0 Å². The Morgan fingerprint density at radius 1 is 0.875 bits per heavy atom. The van der Waals surface area contributed by atoms with Crippen molar-refractivity contribution in [3.8, 4) is 0 Å². The molecule has 3 nitrogen and oxygen atoms in total. The average Bonchev–Trinajstić information content (AvgIpc) is 1.96. The molecule has 1 N–H and O–H groups in total. The van der Waals surface area contributed by atoms with E-state index in [9.17, 15) is 0 Å². The first-order valence-corrected chi connectivity index (χ1v) is 3.03. The number of ether oxygens (including phenoxy) is 2. The van der Waals surface area contributed by atoms with E-state index in [4.69, 9.17) is 13.7 Å². The van der Waals surface area contributed by atoms with Crippen LogP contribution in [0.25, 0.3) is 0 Å². The highest BCUT2D eigenvalue weighted by atomic mass is 79.9. The summed E-state index contributed by atoms with van der Waals surface area (Å²) in [4.78, 5) is 0. The van der Waals surface area contributed by atoms with Gasteiger partial charge in [0.05, 0.1) is 42.7 Å². The Morgan fingerprint density at radius 3 is 1.25 bits per heavy atom. The summed E-state index contributed by atoms with van der Waals surface area (Å²) in [6.07, 6.45) is 0. The second-order valence-corrected chi connectivity index (χ2v) is 1.22. The number of rotatable bonds is 0. The Hall–Kier alpha value is 0.360. The zero-order valence-corrected chi connectivity index (χ0v) is 6.06. The summed E-state index contributed by atoms with van der Waals surface area (Å²) in [6.45, 7) is 3.11. The minimum absolute atomic E-state index is 0.778. The quantitative estimate of drug-likeness (QED) is 0.590. The number of hydrogen-bond acceptors (Lipinski definition) is 3. The van der Waals surface area contributed by atoms with Crippen LogP contribution in [-0.4, -0.2) is 30.6 Å². The van der Waals surface area contributed by atoms with E-state index >= 15 is 0 Å². The van der Waals surface area contributed by atoms with E-state index in [0.717, 1.165) is 26.4 Å². The number of halogens is 1. The van der Waals surface area contributed by atoms with Crippen LogP contribution < -0.4 is 0 Å². The largest absolute Gasteiger partial charge is 0.377 e. The molecular weight excluding hydrogens is 176 g/mol. The summed E-state index contributed by atoms with van der Waals surface area (Å²) in [6, 6.07) is 0. The summed E-state index contributed by atoms with van der Waals surface area (Å²) in [5.74, 6) is 0. The van der Waals surface area contributed by atoms with Crippen molar-refractivity contribution in [3.63, 3.8) is 0 Å². The van der Waals surface area contributed by atoms with Crippen molar-refractivity contribution < 1.29 is 13.7 Å². The van der Waals surface area contributed by atoms with Gasteiger partial charge in [-0.3, -0.25) is 0 Å². The third-order valence-electron chi connectivity index (χ3n) is 0.744. The maximum Gasteiger partial charge on any atom is 0.0957 e. The molecule has 0 spiro atoms. The van der Waals surface area contributed by atoms with E-state index in [2.05, 4.69) is 0 Å². The first-order chi connectivity index (χ1) is 4.00. The van der Waals surface area contributed by atoms with E-state index in [1.54, 1.807) is 0 Å². The topological polar surface area (TPSA) is 38.7 Å². The predicted molar refractivity (Wildman–Crippen MR) is 32.8 cm³/mol. The summed E-state index contributed by atoms with van der Waals surface area (Å²) in [5.41, 5.74) is 0. The van der Waals surface area contributed by atoms with Gasteiger partial charge in [0.15, 0.2) is 0 Å². The second kappa shape index (κ2) is 7.36. The molecule has 0 bridgehead atoms. The molecule has 8 heavy (non-hydrogen) atoms. The van der Waals surface area contributed by atoms with Gasteiger partial charge in [-0.05, 0) is 0 Å². The fourth-order valence-electron chi connectivity index (χ4n) is 0.440. The molecule has 0 aliphatic carbocycles. The molecule has 1 aliphatic rings. The Labute approximate surface area is 57.0 Å². The van der Waals surface area contributed by atoms with Crippen molar-refractivity contribution in [2.24, 2.45) is 0 Å². The van der Waals surface area contributed by atoms with Crippen LogP contribution in [0.5, 0.6) is 0 Å². The van der Waals surface area contributed by atoms with Gasteiger partial charge in [-0.2, -0.15) is 0 Å². The Morgan fingerprint density at radius 2 is 1.12 bits per heavy atom. The summed E-state index contributed by atoms with van der Waals surface area (Å²) in [7, 11) is 0. The minimum atomic E-state index is 0.778. The lowest BCUT2D eigenvalue weighted by molar-refractivity contribution is -0.0334. The van der Waals surface area contributed by atoms with E-state index in [0.29, 0.717) is 0 Å². The van der Waals surface area contributed by atoms with Crippen LogP contribution in [-0.2, 0) is 9.47 Å². The van der Waals surface area contributed by atoms with E-state index in [1.165, 1.54) is 0 Å². The summed E-state index contributed by atoms with van der Waals surface area (Å²) in [5, 5.41) is 0. The normalized spacial score (nSPS) is 18.8. The van der Waals surface area contributed by atoms with Gasteiger partial charge in [0.2, 0.25) is 0 Å². The Bertz CT molecular complexity index is 26.8. The summed E-state index contributed by atoms with van der Waals surface area (Å²) < 4.78 is 16.7. The van der Waals surface area contributed by atoms with Crippen molar-refractivity contribution in [1.82, 2.24) is 0 Å². The zero-order valence-electron chi connectivity index (χ0n) is 4.47. The molecule has 0 aromatic heterocycles. The molecule has 0 aromatic carbocycles. The van der Waals surface area contributed by atoms with Gasteiger partial charge in [-0.25, -0.2) is 0 Å². The molecule has 4 heteroatoms. The van der Waals surface area contributed by atoms with Gasteiger partial charge >= 0.3 is 0 Å². The maximum atomic E-state index is 6.81. The summed E-state index contributed by atoms with van der Waals surface area (Å²) >= 11 is 1.94. The molecule has 0 amide bonds. The molecule has 1 fully saturated rings. The van der Waals surface area contributed by atoms with Gasteiger partial charge in [0.1, 0.15) is 0 Å². The van der Waals surface area contributed by atoms with Crippen LogP contribution in [0.1, 0.15) is 0 Å². The van der Waals surface area contributed by atoms with Crippen LogP contribution in [0.3, 0.4) is 0 Å². The lowest BCUT2D eigenvalue weighted by Crippen LogP contribution is -2.16. The third kappa shape index (κ3) is 4.52. The molecule has 0 aromatic rings. The first kappa shape index (κ1) is 8.36. The maximum absolute atomic E-state index is 6.81. The molecule has 0 saturated carbocycles. The van der Waals surface area contributed by atoms with Crippen molar-refractivity contribution in [2.75, 3.05) is 26.4 Å². The fraction of sp³-hybridized carbons (Fsp3) is 1.00. The van der Waals surface area contributed by atoms with Crippen LogP contribution >= 0.6 is 16.3 Å². The van der Waals surface area contributed by atoms with Gasteiger partial charge < -0.3 is 13.7 Å². The Kier molecular flexibility index (Phi) is 7.69. The third-order valence-corrected chi connectivity index (χ3v) is 0.744. The lowest BCUT2D eigenvalue weighted by Gasteiger charge is -2.09.